The Morgan fingerprint density at radius 2 is 1.53 bits per heavy atom. The molecule has 4 nitrogen and oxygen atoms in total. The molecule has 0 aliphatic heterocycles. The number of rotatable bonds is 0. The Bertz CT molecular complexity index is 747. The molecule has 3 rings (SSSR count). The van der Waals surface area contributed by atoms with Crippen LogP contribution in [0.3, 0.4) is 0 Å². The summed E-state index contributed by atoms with van der Waals surface area (Å²) in [5, 5.41) is 9.92. The molecule has 0 heterocycles. The van der Waals surface area contributed by atoms with Crippen molar-refractivity contribution in [2.75, 3.05) is 5.73 Å². The highest BCUT2D eigenvalue weighted by Gasteiger charge is 2.33. The maximum absolute atomic E-state index is 12.5. The average molecular weight is 253 g/mol. The van der Waals surface area contributed by atoms with Crippen molar-refractivity contribution in [1.82, 2.24) is 0 Å². The molecule has 2 aromatic rings. The quantitative estimate of drug-likeness (QED) is 0.601. The number of nitrogen functional groups attached to an aromatic ring is 1. The molecule has 0 saturated heterocycles. The van der Waals surface area contributed by atoms with Crippen molar-refractivity contribution in [1.29, 1.82) is 0 Å². The average Bonchev–Trinajstić information content (AvgIpc) is 2.40. The van der Waals surface area contributed by atoms with Gasteiger partial charge in [-0.3, -0.25) is 9.59 Å². The van der Waals surface area contributed by atoms with Gasteiger partial charge >= 0.3 is 0 Å². The predicted molar refractivity (Wildman–Crippen MR) is 70.6 cm³/mol. The van der Waals surface area contributed by atoms with Crippen molar-refractivity contribution in [2.24, 2.45) is 0 Å². The first kappa shape index (κ1) is 11.5. The number of benzene rings is 2. The Morgan fingerprint density at radius 3 is 2.11 bits per heavy atom. The van der Waals surface area contributed by atoms with E-state index < -0.39 is 0 Å². The van der Waals surface area contributed by atoms with Crippen LogP contribution in [0.25, 0.3) is 0 Å². The van der Waals surface area contributed by atoms with E-state index in [1.807, 2.05) is 0 Å². The lowest BCUT2D eigenvalue weighted by atomic mass is 9.81. The van der Waals surface area contributed by atoms with E-state index in [1.54, 1.807) is 31.2 Å². The number of hydrogen-bond acceptors (Lipinski definition) is 4. The van der Waals surface area contributed by atoms with Crippen LogP contribution in [0.1, 0.15) is 37.4 Å². The molecule has 2 aromatic carbocycles. The minimum atomic E-state index is -0.342. The van der Waals surface area contributed by atoms with Gasteiger partial charge in [0.2, 0.25) is 0 Å². The lowest BCUT2D eigenvalue weighted by molar-refractivity contribution is 0.0976. The molecule has 0 atom stereocenters. The second-order valence-electron chi connectivity index (χ2n) is 4.56. The van der Waals surface area contributed by atoms with Crippen molar-refractivity contribution in [3.8, 4) is 5.75 Å². The number of phenolic OH excluding ortho intramolecular Hbond substituents is 1. The summed E-state index contributed by atoms with van der Waals surface area (Å²) in [7, 11) is 0. The monoisotopic (exact) mass is 253 g/mol. The number of carbonyl (C=O) groups excluding carboxylic acids is 2. The number of anilines is 1. The van der Waals surface area contributed by atoms with E-state index >= 15 is 0 Å². The molecule has 94 valence electrons. The SMILES string of the molecule is Cc1c(N)cc(O)c2c1C(=O)c1ccccc1C2=O. The van der Waals surface area contributed by atoms with Crippen molar-refractivity contribution in [2.45, 2.75) is 6.92 Å². The van der Waals surface area contributed by atoms with Crippen LogP contribution in [0.15, 0.2) is 30.3 Å². The van der Waals surface area contributed by atoms with Gasteiger partial charge in [0, 0.05) is 28.4 Å². The highest BCUT2D eigenvalue weighted by atomic mass is 16.3. The summed E-state index contributed by atoms with van der Waals surface area (Å²) >= 11 is 0. The molecule has 4 heteroatoms. The van der Waals surface area contributed by atoms with Gasteiger partial charge in [-0.15, -0.1) is 0 Å². The third-order valence-corrected chi connectivity index (χ3v) is 3.48. The number of ketones is 2. The Kier molecular flexibility index (Phi) is 2.22. The maximum Gasteiger partial charge on any atom is 0.198 e. The number of carbonyl (C=O) groups is 2. The van der Waals surface area contributed by atoms with Gasteiger partial charge in [0.05, 0.1) is 5.56 Å². The fraction of sp³-hybridized carbons (Fsp3) is 0.0667. The van der Waals surface area contributed by atoms with E-state index in [4.69, 9.17) is 5.73 Å². The fourth-order valence-corrected chi connectivity index (χ4v) is 2.45. The molecular formula is C15H11NO3. The lowest BCUT2D eigenvalue weighted by Crippen LogP contribution is -2.22. The molecule has 0 aromatic heterocycles. The molecule has 0 amide bonds. The van der Waals surface area contributed by atoms with Gasteiger partial charge in [0.15, 0.2) is 11.6 Å². The van der Waals surface area contributed by atoms with E-state index in [0.29, 0.717) is 22.4 Å². The molecule has 0 spiro atoms. The second-order valence-corrected chi connectivity index (χ2v) is 4.56. The van der Waals surface area contributed by atoms with Gasteiger partial charge in [-0.2, -0.15) is 0 Å². The van der Waals surface area contributed by atoms with Crippen LogP contribution in [-0.2, 0) is 0 Å². The highest BCUT2D eigenvalue weighted by Crippen LogP contribution is 2.36. The number of fused-ring (bicyclic) bond motifs is 2. The fourth-order valence-electron chi connectivity index (χ4n) is 2.45. The predicted octanol–water partition coefficient (Wildman–Crippen LogP) is 2.06. The molecule has 19 heavy (non-hydrogen) atoms. The van der Waals surface area contributed by atoms with Gasteiger partial charge in [-0.1, -0.05) is 24.3 Å². The van der Waals surface area contributed by atoms with Crippen LogP contribution in [0, 0.1) is 6.92 Å². The van der Waals surface area contributed by atoms with E-state index in [0.717, 1.165) is 0 Å². The zero-order chi connectivity index (χ0) is 13.7. The summed E-state index contributed by atoms with van der Waals surface area (Å²) in [6.45, 7) is 1.67. The Morgan fingerprint density at radius 1 is 1.00 bits per heavy atom. The van der Waals surface area contributed by atoms with Crippen LogP contribution >= 0.6 is 0 Å². The van der Waals surface area contributed by atoms with Crippen LogP contribution in [0.5, 0.6) is 5.75 Å². The molecule has 1 aliphatic carbocycles. The summed E-state index contributed by atoms with van der Waals surface area (Å²) in [6, 6.07) is 7.90. The number of phenols is 1. The molecule has 3 N–H and O–H groups in total. The van der Waals surface area contributed by atoms with Gasteiger partial charge in [-0.25, -0.2) is 0 Å². The summed E-state index contributed by atoms with van der Waals surface area (Å²) in [6.07, 6.45) is 0. The summed E-state index contributed by atoms with van der Waals surface area (Å²) < 4.78 is 0. The third-order valence-electron chi connectivity index (χ3n) is 3.48. The van der Waals surface area contributed by atoms with E-state index in [1.165, 1.54) is 6.07 Å². The van der Waals surface area contributed by atoms with Crippen molar-refractivity contribution >= 4 is 17.3 Å². The maximum atomic E-state index is 12.5. The van der Waals surface area contributed by atoms with E-state index in [-0.39, 0.29) is 28.4 Å². The molecule has 0 saturated carbocycles. The van der Waals surface area contributed by atoms with Gasteiger partial charge < -0.3 is 10.8 Å². The van der Waals surface area contributed by atoms with E-state index in [2.05, 4.69) is 0 Å². The Balaban J connectivity index is 2.43. The van der Waals surface area contributed by atoms with Crippen molar-refractivity contribution < 1.29 is 14.7 Å². The number of hydrogen-bond donors (Lipinski definition) is 2. The minimum absolute atomic E-state index is 0.0513. The number of nitrogens with two attached hydrogens (primary N) is 1. The van der Waals surface area contributed by atoms with Crippen LogP contribution in [0.4, 0.5) is 5.69 Å². The van der Waals surface area contributed by atoms with Crippen LogP contribution in [0.2, 0.25) is 0 Å². The second kappa shape index (κ2) is 3.68. The van der Waals surface area contributed by atoms with Gasteiger partial charge in [-0.05, 0) is 12.5 Å². The summed E-state index contributed by atoms with van der Waals surface area (Å²) in [4.78, 5) is 24.8. The molecule has 0 bridgehead atoms. The zero-order valence-electron chi connectivity index (χ0n) is 10.2. The largest absolute Gasteiger partial charge is 0.507 e. The number of aromatic hydroxyl groups is 1. The summed E-state index contributed by atoms with van der Waals surface area (Å²) in [5.41, 5.74) is 7.51. The Labute approximate surface area is 109 Å². The van der Waals surface area contributed by atoms with E-state index in [9.17, 15) is 14.7 Å². The normalized spacial score (nSPS) is 13.1. The molecule has 0 radical (unpaired) electrons. The molecular weight excluding hydrogens is 242 g/mol. The standard InChI is InChI=1S/C15H11NO3/c1-7-10(16)6-11(17)13-12(7)14(18)8-4-2-3-5-9(8)15(13)19/h2-6,17H,16H2,1H3. The third kappa shape index (κ3) is 1.40. The minimum Gasteiger partial charge on any atom is -0.507 e. The Hall–Kier alpha value is -2.62. The topological polar surface area (TPSA) is 80.4 Å². The molecule has 0 unspecified atom stereocenters. The smallest absolute Gasteiger partial charge is 0.198 e. The first-order chi connectivity index (χ1) is 9.02. The lowest BCUT2D eigenvalue weighted by Gasteiger charge is -2.20. The summed E-state index contributed by atoms with van der Waals surface area (Å²) in [5.74, 6) is -0.859. The first-order valence-corrected chi connectivity index (χ1v) is 5.83. The molecule has 1 aliphatic rings. The van der Waals surface area contributed by atoms with Gasteiger partial charge in [0.25, 0.3) is 0 Å². The van der Waals surface area contributed by atoms with Crippen LogP contribution < -0.4 is 5.73 Å². The van der Waals surface area contributed by atoms with Crippen molar-refractivity contribution in [3.05, 3.63) is 58.1 Å². The van der Waals surface area contributed by atoms with Crippen molar-refractivity contribution in [3.63, 3.8) is 0 Å². The molecule has 0 fully saturated rings. The zero-order valence-corrected chi connectivity index (χ0v) is 10.2. The van der Waals surface area contributed by atoms with Gasteiger partial charge in [0.1, 0.15) is 5.75 Å². The van der Waals surface area contributed by atoms with Crippen LogP contribution in [-0.4, -0.2) is 16.7 Å². The first-order valence-electron chi connectivity index (χ1n) is 5.83. The highest BCUT2D eigenvalue weighted by molar-refractivity contribution is 6.30.